The highest BCUT2D eigenvalue weighted by molar-refractivity contribution is 4.79. The molecular weight excluding hydrogens is 242 g/mol. The van der Waals surface area contributed by atoms with Crippen molar-refractivity contribution >= 4 is 0 Å². The summed E-state index contributed by atoms with van der Waals surface area (Å²) in [6.07, 6.45) is 7.77. The van der Waals surface area contributed by atoms with E-state index in [1.165, 1.54) is 32.2 Å². The molecule has 1 aliphatic rings. The van der Waals surface area contributed by atoms with Gasteiger partial charge >= 0.3 is 0 Å². The summed E-state index contributed by atoms with van der Waals surface area (Å²) in [5.74, 6) is 0. The molecule has 1 aliphatic heterocycles. The molecule has 0 saturated carbocycles. The molecule has 0 spiro atoms. The first kappa shape index (κ1) is 16.9. The molecule has 19 heavy (non-hydrogen) atoms. The van der Waals surface area contributed by atoms with Gasteiger partial charge in [-0.1, -0.05) is 0 Å². The summed E-state index contributed by atoms with van der Waals surface area (Å²) in [6.45, 7) is 6.16. The van der Waals surface area contributed by atoms with E-state index < -0.39 is 0 Å². The molecule has 1 rings (SSSR count). The zero-order valence-electron chi connectivity index (χ0n) is 12.7. The van der Waals surface area contributed by atoms with Crippen molar-refractivity contribution in [2.75, 3.05) is 53.7 Å². The first-order valence-corrected chi connectivity index (χ1v) is 7.68. The Balaban J connectivity index is 1.68. The summed E-state index contributed by atoms with van der Waals surface area (Å²) >= 11 is 0. The molecule has 0 N–H and O–H groups in total. The van der Waals surface area contributed by atoms with Crippen LogP contribution < -0.4 is 0 Å². The molecule has 0 aromatic carbocycles. The number of hydrogen-bond donors (Lipinski definition) is 0. The van der Waals surface area contributed by atoms with Crippen LogP contribution in [-0.4, -0.2) is 64.7 Å². The van der Waals surface area contributed by atoms with Crippen molar-refractivity contribution in [2.24, 2.45) is 0 Å². The van der Waals surface area contributed by atoms with Gasteiger partial charge in [0.2, 0.25) is 0 Å². The minimum atomic E-state index is 0.487. The van der Waals surface area contributed by atoms with E-state index in [2.05, 4.69) is 4.90 Å². The van der Waals surface area contributed by atoms with E-state index >= 15 is 0 Å². The average molecular weight is 273 g/mol. The molecule has 114 valence electrons. The highest BCUT2D eigenvalue weighted by atomic mass is 16.5. The van der Waals surface area contributed by atoms with Gasteiger partial charge in [0.1, 0.15) is 0 Å². The van der Waals surface area contributed by atoms with Crippen LogP contribution in [0.1, 0.15) is 38.5 Å². The molecule has 0 unspecified atom stereocenters. The minimum absolute atomic E-state index is 0.487. The molecule has 4 heteroatoms. The van der Waals surface area contributed by atoms with Gasteiger partial charge in [-0.15, -0.1) is 0 Å². The van der Waals surface area contributed by atoms with E-state index in [1.54, 1.807) is 14.2 Å². The maximum atomic E-state index is 5.62. The molecule has 1 saturated heterocycles. The third kappa shape index (κ3) is 8.58. The Labute approximate surface area is 118 Å². The Hall–Kier alpha value is -0.160. The van der Waals surface area contributed by atoms with E-state index in [9.17, 15) is 0 Å². The zero-order valence-corrected chi connectivity index (χ0v) is 12.7. The van der Waals surface area contributed by atoms with Crippen molar-refractivity contribution < 1.29 is 14.2 Å². The number of hydrogen-bond acceptors (Lipinski definition) is 4. The summed E-state index contributed by atoms with van der Waals surface area (Å²) in [5.41, 5.74) is 0. The second-order valence-electron chi connectivity index (χ2n) is 5.34. The molecule has 0 aromatic heterocycles. The summed E-state index contributed by atoms with van der Waals surface area (Å²) in [4.78, 5) is 2.46. The van der Waals surface area contributed by atoms with Gasteiger partial charge in [0.05, 0.1) is 6.10 Å². The maximum absolute atomic E-state index is 5.62. The molecule has 0 radical (unpaired) electrons. The fourth-order valence-electron chi connectivity index (χ4n) is 2.30. The quantitative estimate of drug-likeness (QED) is 0.482. The minimum Gasteiger partial charge on any atom is -0.385 e. The highest BCUT2D eigenvalue weighted by Gasteiger charge is 2.24. The Morgan fingerprint density at radius 2 is 1.47 bits per heavy atom. The lowest BCUT2D eigenvalue weighted by Gasteiger charge is -2.38. The Morgan fingerprint density at radius 3 is 2.11 bits per heavy atom. The van der Waals surface area contributed by atoms with Crippen molar-refractivity contribution in [3.05, 3.63) is 0 Å². The van der Waals surface area contributed by atoms with E-state index in [4.69, 9.17) is 14.2 Å². The van der Waals surface area contributed by atoms with Crippen LogP contribution in [0.4, 0.5) is 0 Å². The molecule has 1 fully saturated rings. The molecule has 0 bridgehead atoms. The van der Waals surface area contributed by atoms with Gasteiger partial charge in [-0.2, -0.15) is 0 Å². The van der Waals surface area contributed by atoms with Gasteiger partial charge in [-0.25, -0.2) is 0 Å². The smallest absolute Gasteiger partial charge is 0.0824 e. The Morgan fingerprint density at radius 1 is 0.842 bits per heavy atom. The first-order chi connectivity index (χ1) is 9.36. The van der Waals surface area contributed by atoms with Gasteiger partial charge in [-0.3, -0.25) is 4.90 Å². The second-order valence-corrected chi connectivity index (χ2v) is 5.34. The van der Waals surface area contributed by atoms with Crippen LogP contribution in [-0.2, 0) is 14.2 Å². The molecular formula is C15H31NO3. The Bertz CT molecular complexity index is 196. The van der Waals surface area contributed by atoms with Gasteiger partial charge in [0.15, 0.2) is 0 Å². The number of ether oxygens (including phenoxy) is 3. The van der Waals surface area contributed by atoms with Crippen LogP contribution in [0.3, 0.4) is 0 Å². The number of methoxy groups -OCH3 is 2. The third-order valence-corrected chi connectivity index (χ3v) is 3.66. The summed E-state index contributed by atoms with van der Waals surface area (Å²) < 4.78 is 15.9. The van der Waals surface area contributed by atoms with Crippen molar-refractivity contribution in [1.82, 2.24) is 4.90 Å². The lowest BCUT2D eigenvalue weighted by molar-refractivity contribution is -0.0298. The summed E-state index contributed by atoms with van der Waals surface area (Å²) in [7, 11) is 3.56. The van der Waals surface area contributed by atoms with Crippen LogP contribution in [0.25, 0.3) is 0 Å². The Kier molecular flexibility index (Phi) is 10.4. The van der Waals surface area contributed by atoms with Gasteiger partial charge in [0.25, 0.3) is 0 Å². The van der Waals surface area contributed by atoms with Gasteiger partial charge in [0, 0.05) is 47.1 Å². The number of rotatable bonds is 13. The predicted octanol–water partition coefficient (Wildman–Crippen LogP) is 2.32. The van der Waals surface area contributed by atoms with Crippen molar-refractivity contribution in [2.45, 2.75) is 44.6 Å². The van der Waals surface area contributed by atoms with E-state index in [1.807, 2.05) is 0 Å². The largest absolute Gasteiger partial charge is 0.385 e. The zero-order chi connectivity index (χ0) is 13.8. The van der Waals surface area contributed by atoms with Gasteiger partial charge < -0.3 is 14.2 Å². The predicted molar refractivity (Wildman–Crippen MR) is 77.6 cm³/mol. The fraction of sp³-hybridized carbons (Fsp3) is 1.00. The highest BCUT2D eigenvalue weighted by Crippen LogP contribution is 2.11. The fourth-order valence-corrected chi connectivity index (χ4v) is 2.30. The standard InChI is InChI=1S/C15H31NO3/c1-17-10-6-4-8-12-19-11-7-3-5-9-16-13-15(14-16)18-2/h15H,3-14H2,1-2H3. The monoisotopic (exact) mass is 273 g/mol. The third-order valence-electron chi connectivity index (χ3n) is 3.66. The number of nitrogens with zero attached hydrogens (tertiary/aromatic N) is 1. The SMILES string of the molecule is COCCCCCOCCCCCN1CC(OC)C1. The van der Waals surface area contributed by atoms with Crippen LogP contribution in [0, 0.1) is 0 Å². The lowest BCUT2D eigenvalue weighted by Crippen LogP contribution is -2.51. The van der Waals surface area contributed by atoms with E-state index in [0.717, 1.165) is 45.8 Å². The summed E-state index contributed by atoms with van der Waals surface area (Å²) in [6, 6.07) is 0. The second kappa shape index (κ2) is 11.6. The van der Waals surface area contributed by atoms with Crippen LogP contribution in [0.2, 0.25) is 0 Å². The lowest BCUT2D eigenvalue weighted by atomic mass is 10.1. The van der Waals surface area contributed by atoms with E-state index in [-0.39, 0.29) is 0 Å². The normalized spacial score (nSPS) is 16.7. The topological polar surface area (TPSA) is 30.9 Å². The van der Waals surface area contributed by atoms with Crippen LogP contribution >= 0.6 is 0 Å². The van der Waals surface area contributed by atoms with Crippen molar-refractivity contribution in [1.29, 1.82) is 0 Å². The van der Waals surface area contributed by atoms with Crippen molar-refractivity contribution in [3.63, 3.8) is 0 Å². The van der Waals surface area contributed by atoms with E-state index in [0.29, 0.717) is 6.10 Å². The van der Waals surface area contributed by atoms with Gasteiger partial charge in [-0.05, 0) is 45.1 Å². The molecule has 0 atom stereocenters. The number of likely N-dealkylation sites (tertiary alicyclic amines) is 1. The average Bonchev–Trinajstić information content (AvgIpc) is 2.38. The molecule has 0 aromatic rings. The first-order valence-electron chi connectivity index (χ1n) is 7.68. The molecule has 0 amide bonds. The van der Waals surface area contributed by atoms with Crippen LogP contribution in [0.5, 0.6) is 0 Å². The molecule has 1 heterocycles. The van der Waals surface area contributed by atoms with Crippen LogP contribution in [0.15, 0.2) is 0 Å². The molecule has 0 aliphatic carbocycles. The number of unbranched alkanes of at least 4 members (excludes halogenated alkanes) is 4. The summed E-state index contributed by atoms with van der Waals surface area (Å²) in [5, 5.41) is 0. The maximum Gasteiger partial charge on any atom is 0.0824 e. The molecule has 4 nitrogen and oxygen atoms in total. The van der Waals surface area contributed by atoms with Crippen molar-refractivity contribution in [3.8, 4) is 0 Å².